The molecule has 0 fully saturated rings. The van der Waals surface area contributed by atoms with Crippen molar-refractivity contribution < 1.29 is 5.11 Å². The fourth-order valence-electron chi connectivity index (χ4n) is 1.59. The lowest BCUT2D eigenvalue weighted by Crippen LogP contribution is -2.20. The summed E-state index contributed by atoms with van der Waals surface area (Å²) in [6.07, 6.45) is 8.24. The van der Waals surface area contributed by atoms with E-state index >= 15 is 0 Å². The Labute approximate surface area is 102 Å². The molecule has 0 heterocycles. The quantitative estimate of drug-likeness (QED) is 0.384. The van der Waals surface area contributed by atoms with Crippen LogP contribution in [0, 0.1) is 5.92 Å². The van der Waals surface area contributed by atoms with Crippen LogP contribution in [0.3, 0.4) is 0 Å². The highest BCUT2D eigenvalue weighted by atomic mass is 28.3. The number of unbranched alkanes of at least 4 members (excludes halogenated alkanes) is 2. The van der Waals surface area contributed by atoms with Crippen LogP contribution in [0.1, 0.15) is 32.6 Å². The van der Waals surface area contributed by atoms with Crippen molar-refractivity contribution in [2.45, 2.75) is 58.4 Å². The second-order valence-corrected chi connectivity index (χ2v) is 10.7. The van der Waals surface area contributed by atoms with Crippen LogP contribution in [-0.4, -0.2) is 19.3 Å². The molecule has 0 radical (unpaired) electrons. The van der Waals surface area contributed by atoms with E-state index in [1.807, 2.05) is 12.2 Å². The summed E-state index contributed by atoms with van der Waals surface area (Å²) in [5.41, 5.74) is 2.22. The minimum atomic E-state index is -1.19. The van der Waals surface area contributed by atoms with Gasteiger partial charge in [0.05, 0.1) is 14.2 Å². The van der Waals surface area contributed by atoms with Gasteiger partial charge < -0.3 is 5.11 Å². The second-order valence-electron chi connectivity index (χ2n) is 5.61. The molecular weight excluding hydrogens is 212 g/mol. The highest BCUT2D eigenvalue weighted by molar-refractivity contribution is 6.80. The maximum Gasteiger partial charge on any atom is 0.0779 e. The van der Waals surface area contributed by atoms with E-state index in [-0.39, 0.29) is 12.0 Å². The zero-order chi connectivity index (χ0) is 12.6. The molecule has 0 aliphatic carbocycles. The van der Waals surface area contributed by atoms with E-state index in [1.165, 1.54) is 19.3 Å². The van der Waals surface area contributed by atoms with Gasteiger partial charge in [-0.05, 0) is 6.42 Å². The molecular formula is C14H28OSi. The van der Waals surface area contributed by atoms with Gasteiger partial charge >= 0.3 is 0 Å². The van der Waals surface area contributed by atoms with Gasteiger partial charge in [0.2, 0.25) is 0 Å². The second kappa shape index (κ2) is 7.85. The molecule has 1 N–H and O–H groups in total. The van der Waals surface area contributed by atoms with Crippen LogP contribution in [0.2, 0.25) is 19.6 Å². The van der Waals surface area contributed by atoms with E-state index in [0.29, 0.717) is 0 Å². The van der Waals surface area contributed by atoms with Crippen molar-refractivity contribution in [3.05, 3.63) is 24.4 Å². The minimum Gasteiger partial charge on any atom is -0.388 e. The molecule has 2 atom stereocenters. The van der Waals surface area contributed by atoms with Crippen LogP contribution in [0.4, 0.5) is 0 Å². The largest absolute Gasteiger partial charge is 0.388 e. The van der Waals surface area contributed by atoms with E-state index in [1.54, 1.807) is 0 Å². The molecule has 0 rings (SSSR count). The van der Waals surface area contributed by atoms with Gasteiger partial charge in [0, 0.05) is 5.92 Å². The summed E-state index contributed by atoms with van der Waals surface area (Å²) < 4.78 is 0. The molecule has 2 heteroatoms. The summed E-state index contributed by atoms with van der Waals surface area (Å²) in [5, 5.41) is 10.0. The fourth-order valence-corrected chi connectivity index (χ4v) is 2.36. The summed E-state index contributed by atoms with van der Waals surface area (Å²) in [6, 6.07) is 0. The van der Waals surface area contributed by atoms with Gasteiger partial charge in [-0.3, -0.25) is 0 Å². The van der Waals surface area contributed by atoms with Crippen molar-refractivity contribution >= 4 is 8.07 Å². The van der Waals surface area contributed by atoms with Gasteiger partial charge in [-0.15, -0.1) is 6.58 Å². The van der Waals surface area contributed by atoms with E-state index in [4.69, 9.17) is 0 Å². The number of hydrogen-bond acceptors (Lipinski definition) is 1. The molecule has 0 amide bonds. The van der Waals surface area contributed by atoms with E-state index in [9.17, 15) is 5.11 Å². The molecule has 0 unspecified atom stereocenters. The average Bonchev–Trinajstić information content (AvgIpc) is 2.20. The SMILES string of the molecule is C=C[C@@H](CCCCC)[C@H](O)/C=C/[Si](C)(C)C. The first-order chi connectivity index (χ1) is 7.40. The zero-order valence-corrected chi connectivity index (χ0v) is 12.4. The maximum absolute atomic E-state index is 10.0. The monoisotopic (exact) mass is 240 g/mol. The number of hydrogen-bond donors (Lipinski definition) is 1. The summed E-state index contributed by atoms with van der Waals surface area (Å²) >= 11 is 0. The molecule has 0 saturated carbocycles. The first kappa shape index (κ1) is 15.7. The molecule has 0 spiro atoms. The van der Waals surface area contributed by atoms with Crippen LogP contribution in [0.15, 0.2) is 24.4 Å². The standard InChI is InChI=1S/C14H28OSi/c1-6-8-9-10-13(7-2)14(15)11-12-16(3,4)5/h7,11-15H,2,6,8-10H2,1,3-5H3/b12-11+/t13-,14+/m0/s1. The van der Waals surface area contributed by atoms with Crippen molar-refractivity contribution in [1.29, 1.82) is 0 Å². The van der Waals surface area contributed by atoms with Gasteiger partial charge in [-0.25, -0.2) is 0 Å². The number of rotatable bonds is 8. The van der Waals surface area contributed by atoms with Gasteiger partial charge in [-0.1, -0.05) is 63.7 Å². The van der Waals surface area contributed by atoms with Gasteiger partial charge in [0.25, 0.3) is 0 Å². The third-order valence-corrected chi connectivity index (χ3v) is 3.87. The molecule has 0 aromatic carbocycles. The van der Waals surface area contributed by atoms with Crippen LogP contribution in [0.5, 0.6) is 0 Å². The topological polar surface area (TPSA) is 20.2 Å². The molecule has 0 aliphatic heterocycles. The first-order valence-corrected chi connectivity index (χ1v) is 9.98. The highest BCUT2D eigenvalue weighted by Gasteiger charge is 2.14. The van der Waals surface area contributed by atoms with Crippen molar-refractivity contribution in [2.24, 2.45) is 5.92 Å². The number of aliphatic hydroxyl groups excluding tert-OH is 1. The summed E-state index contributed by atoms with van der Waals surface area (Å²) in [7, 11) is -1.19. The Morgan fingerprint density at radius 3 is 2.31 bits per heavy atom. The Kier molecular flexibility index (Phi) is 7.69. The van der Waals surface area contributed by atoms with Gasteiger partial charge in [0.1, 0.15) is 0 Å². The molecule has 0 aromatic rings. The number of aliphatic hydroxyl groups is 1. The third kappa shape index (κ3) is 7.89. The Morgan fingerprint density at radius 2 is 1.88 bits per heavy atom. The summed E-state index contributed by atoms with van der Waals surface area (Å²) in [6.45, 7) is 12.8. The first-order valence-electron chi connectivity index (χ1n) is 6.40. The Hall–Kier alpha value is -0.343. The van der Waals surface area contributed by atoms with Crippen LogP contribution in [-0.2, 0) is 0 Å². The van der Waals surface area contributed by atoms with E-state index in [2.05, 4.69) is 38.8 Å². The van der Waals surface area contributed by atoms with Crippen molar-refractivity contribution in [3.63, 3.8) is 0 Å². The molecule has 0 aliphatic rings. The Bertz CT molecular complexity index is 215. The lowest BCUT2D eigenvalue weighted by atomic mass is 9.95. The zero-order valence-electron chi connectivity index (χ0n) is 11.4. The minimum absolute atomic E-state index is 0.221. The van der Waals surface area contributed by atoms with Crippen molar-refractivity contribution in [3.8, 4) is 0 Å². The molecule has 1 nitrogen and oxygen atoms in total. The van der Waals surface area contributed by atoms with Gasteiger partial charge in [-0.2, -0.15) is 0 Å². The van der Waals surface area contributed by atoms with Crippen LogP contribution in [0.25, 0.3) is 0 Å². The van der Waals surface area contributed by atoms with Crippen LogP contribution >= 0.6 is 0 Å². The lowest BCUT2D eigenvalue weighted by molar-refractivity contribution is 0.170. The predicted molar refractivity (Wildman–Crippen MR) is 76.3 cm³/mol. The average molecular weight is 240 g/mol. The normalized spacial score (nSPS) is 16.3. The molecule has 0 saturated heterocycles. The summed E-state index contributed by atoms with van der Waals surface area (Å²) in [5.74, 6) is 0.221. The third-order valence-electron chi connectivity index (χ3n) is 2.68. The molecule has 94 valence electrons. The molecule has 16 heavy (non-hydrogen) atoms. The van der Waals surface area contributed by atoms with E-state index < -0.39 is 8.07 Å². The smallest absolute Gasteiger partial charge is 0.0779 e. The van der Waals surface area contributed by atoms with Gasteiger partial charge in [0.15, 0.2) is 0 Å². The Balaban J connectivity index is 4.15. The summed E-state index contributed by atoms with van der Waals surface area (Å²) in [4.78, 5) is 0. The van der Waals surface area contributed by atoms with Crippen molar-refractivity contribution in [2.75, 3.05) is 0 Å². The fraction of sp³-hybridized carbons (Fsp3) is 0.714. The Morgan fingerprint density at radius 1 is 1.25 bits per heavy atom. The van der Waals surface area contributed by atoms with E-state index in [0.717, 1.165) is 6.42 Å². The van der Waals surface area contributed by atoms with Crippen LogP contribution < -0.4 is 0 Å². The molecule has 0 aromatic heterocycles. The lowest BCUT2D eigenvalue weighted by Gasteiger charge is -2.18. The molecule has 0 bridgehead atoms. The predicted octanol–water partition coefficient (Wildman–Crippen LogP) is 4.16. The highest BCUT2D eigenvalue weighted by Crippen LogP contribution is 2.17. The van der Waals surface area contributed by atoms with Crippen molar-refractivity contribution in [1.82, 2.24) is 0 Å². The maximum atomic E-state index is 10.0.